The molecule has 0 radical (unpaired) electrons. The summed E-state index contributed by atoms with van der Waals surface area (Å²) in [6.07, 6.45) is 3.35. The largest absolute Gasteiger partial charge is 0.383 e. The standard InChI is InChI=1S/C16H16N4/c1-10(2)14-15(19-9-20-16(14)17)12-7-11-5-3-4-6-13(11)18-8-12/h3-10H,1-2H3,(H2,17,19,20). The minimum Gasteiger partial charge on any atom is -0.383 e. The monoisotopic (exact) mass is 264 g/mol. The van der Waals surface area contributed by atoms with Gasteiger partial charge in [0.15, 0.2) is 0 Å². The van der Waals surface area contributed by atoms with E-state index in [0.29, 0.717) is 5.82 Å². The SMILES string of the molecule is CC(C)c1c(N)ncnc1-c1cnc2ccccc2c1. The molecule has 0 atom stereocenters. The van der Waals surface area contributed by atoms with Gasteiger partial charge in [0.05, 0.1) is 11.2 Å². The number of hydrogen-bond acceptors (Lipinski definition) is 4. The molecule has 0 unspecified atom stereocenters. The molecule has 0 saturated carbocycles. The Morgan fingerprint density at radius 3 is 2.65 bits per heavy atom. The molecule has 1 aromatic carbocycles. The highest BCUT2D eigenvalue weighted by Crippen LogP contribution is 2.31. The van der Waals surface area contributed by atoms with Crippen LogP contribution in [0.2, 0.25) is 0 Å². The average Bonchev–Trinajstić information content (AvgIpc) is 2.46. The normalized spacial score (nSPS) is 11.2. The fraction of sp³-hybridized carbons (Fsp3) is 0.188. The van der Waals surface area contributed by atoms with E-state index >= 15 is 0 Å². The van der Waals surface area contributed by atoms with Crippen molar-refractivity contribution in [2.24, 2.45) is 0 Å². The molecule has 100 valence electrons. The molecule has 2 N–H and O–H groups in total. The summed E-state index contributed by atoms with van der Waals surface area (Å²) in [5.41, 5.74) is 9.79. The van der Waals surface area contributed by atoms with Gasteiger partial charge >= 0.3 is 0 Å². The predicted octanol–water partition coefficient (Wildman–Crippen LogP) is 3.40. The van der Waals surface area contributed by atoms with E-state index in [1.807, 2.05) is 30.5 Å². The third-order valence-electron chi connectivity index (χ3n) is 3.36. The van der Waals surface area contributed by atoms with Crippen LogP contribution >= 0.6 is 0 Å². The van der Waals surface area contributed by atoms with Crippen molar-refractivity contribution in [2.45, 2.75) is 19.8 Å². The Bertz CT molecular complexity index is 765. The highest BCUT2D eigenvalue weighted by molar-refractivity contribution is 5.83. The summed E-state index contributed by atoms with van der Waals surface area (Å²) in [5, 5.41) is 1.09. The lowest BCUT2D eigenvalue weighted by molar-refractivity contribution is 0.854. The van der Waals surface area contributed by atoms with Gasteiger partial charge in [-0.05, 0) is 18.1 Å². The van der Waals surface area contributed by atoms with Crippen LogP contribution in [0.15, 0.2) is 42.9 Å². The van der Waals surface area contributed by atoms with Crippen molar-refractivity contribution in [3.63, 3.8) is 0 Å². The maximum absolute atomic E-state index is 6.00. The number of rotatable bonds is 2. The van der Waals surface area contributed by atoms with Crippen LogP contribution < -0.4 is 5.73 Å². The summed E-state index contributed by atoms with van der Waals surface area (Å²) in [6.45, 7) is 4.18. The van der Waals surface area contributed by atoms with Gasteiger partial charge in [-0.1, -0.05) is 32.0 Å². The van der Waals surface area contributed by atoms with Gasteiger partial charge in [-0.25, -0.2) is 9.97 Å². The van der Waals surface area contributed by atoms with Crippen LogP contribution in [0.5, 0.6) is 0 Å². The van der Waals surface area contributed by atoms with Gasteiger partial charge in [0.1, 0.15) is 12.1 Å². The Morgan fingerprint density at radius 1 is 1.05 bits per heavy atom. The predicted molar refractivity (Wildman–Crippen MR) is 81.3 cm³/mol. The molecule has 4 nitrogen and oxygen atoms in total. The van der Waals surface area contributed by atoms with Gasteiger partial charge in [0.25, 0.3) is 0 Å². The summed E-state index contributed by atoms with van der Waals surface area (Å²) in [5.74, 6) is 0.802. The number of anilines is 1. The van der Waals surface area contributed by atoms with E-state index in [2.05, 4.69) is 34.9 Å². The van der Waals surface area contributed by atoms with Crippen molar-refractivity contribution in [2.75, 3.05) is 5.73 Å². The lowest BCUT2D eigenvalue weighted by atomic mass is 9.98. The number of nitrogens with two attached hydrogens (primary N) is 1. The van der Waals surface area contributed by atoms with Crippen LogP contribution in [0.4, 0.5) is 5.82 Å². The maximum atomic E-state index is 6.00. The van der Waals surface area contributed by atoms with Gasteiger partial charge in [0.2, 0.25) is 0 Å². The second kappa shape index (κ2) is 4.89. The average molecular weight is 264 g/mol. The Morgan fingerprint density at radius 2 is 1.85 bits per heavy atom. The smallest absolute Gasteiger partial charge is 0.130 e. The number of nitrogen functional groups attached to an aromatic ring is 1. The summed E-state index contributed by atoms with van der Waals surface area (Å²) in [6, 6.07) is 10.1. The summed E-state index contributed by atoms with van der Waals surface area (Å²) in [7, 11) is 0. The molecule has 2 aromatic heterocycles. The number of hydrogen-bond donors (Lipinski definition) is 1. The van der Waals surface area contributed by atoms with Crippen LogP contribution in [0.25, 0.3) is 22.2 Å². The minimum absolute atomic E-state index is 0.262. The third-order valence-corrected chi connectivity index (χ3v) is 3.36. The van der Waals surface area contributed by atoms with Crippen LogP contribution in [0.3, 0.4) is 0 Å². The molecule has 3 aromatic rings. The van der Waals surface area contributed by atoms with Gasteiger partial charge < -0.3 is 5.73 Å². The van der Waals surface area contributed by atoms with Crippen LogP contribution in [-0.4, -0.2) is 15.0 Å². The van der Waals surface area contributed by atoms with Crippen molar-refractivity contribution in [1.29, 1.82) is 0 Å². The lowest BCUT2D eigenvalue weighted by Crippen LogP contribution is -2.04. The molecule has 0 aliphatic carbocycles. The van der Waals surface area contributed by atoms with Crippen molar-refractivity contribution in [3.8, 4) is 11.3 Å². The Kier molecular flexibility index (Phi) is 3.06. The topological polar surface area (TPSA) is 64.7 Å². The number of pyridine rings is 1. The van der Waals surface area contributed by atoms with Crippen molar-refractivity contribution in [3.05, 3.63) is 48.4 Å². The molecule has 0 amide bonds. The molecule has 4 heteroatoms. The van der Waals surface area contributed by atoms with E-state index in [0.717, 1.165) is 27.7 Å². The first-order chi connectivity index (χ1) is 9.66. The Balaban J connectivity index is 2.23. The number of aromatic nitrogens is 3. The molecule has 0 aliphatic rings. The van der Waals surface area contributed by atoms with Crippen LogP contribution in [0.1, 0.15) is 25.3 Å². The maximum Gasteiger partial charge on any atom is 0.130 e. The van der Waals surface area contributed by atoms with Crippen molar-refractivity contribution in [1.82, 2.24) is 15.0 Å². The van der Waals surface area contributed by atoms with E-state index in [9.17, 15) is 0 Å². The van der Waals surface area contributed by atoms with Gasteiger partial charge in [0, 0.05) is 22.7 Å². The lowest BCUT2D eigenvalue weighted by Gasteiger charge is -2.13. The van der Waals surface area contributed by atoms with Crippen molar-refractivity contribution < 1.29 is 0 Å². The highest BCUT2D eigenvalue weighted by Gasteiger charge is 2.15. The zero-order valence-electron chi connectivity index (χ0n) is 11.5. The summed E-state index contributed by atoms with van der Waals surface area (Å²) in [4.78, 5) is 13.0. The number of fused-ring (bicyclic) bond motifs is 1. The third kappa shape index (κ3) is 2.09. The minimum atomic E-state index is 0.262. The van der Waals surface area contributed by atoms with Gasteiger partial charge in [-0.15, -0.1) is 0 Å². The summed E-state index contributed by atoms with van der Waals surface area (Å²) < 4.78 is 0. The first kappa shape index (κ1) is 12.5. The van der Waals surface area contributed by atoms with Crippen LogP contribution in [-0.2, 0) is 0 Å². The van der Waals surface area contributed by atoms with E-state index in [1.54, 1.807) is 0 Å². The summed E-state index contributed by atoms with van der Waals surface area (Å²) >= 11 is 0. The second-order valence-electron chi connectivity index (χ2n) is 5.09. The zero-order valence-corrected chi connectivity index (χ0v) is 11.5. The molecule has 0 bridgehead atoms. The van der Waals surface area contributed by atoms with Gasteiger partial charge in [-0.3, -0.25) is 4.98 Å². The van der Waals surface area contributed by atoms with E-state index in [4.69, 9.17) is 5.73 Å². The molecular weight excluding hydrogens is 248 g/mol. The zero-order chi connectivity index (χ0) is 14.1. The van der Waals surface area contributed by atoms with Crippen LogP contribution in [0, 0.1) is 0 Å². The quantitative estimate of drug-likeness (QED) is 0.770. The first-order valence-electron chi connectivity index (χ1n) is 6.62. The molecule has 0 spiro atoms. The van der Waals surface area contributed by atoms with Crippen molar-refractivity contribution >= 4 is 16.7 Å². The first-order valence-corrected chi connectivity index (χ1v) is 6.62. The molecule has 20 heavy (non-hydrogen) atoms. The van der Waals surface area contributed by atoms with E-state index < -0.39 is 0 Å². The van der Waals surface area contributed by atoms with Gasteiger partial charge in [-0.2, -0.15) is 0 Å². The molecule has 0 saturated heterocycles. The fourth-order valence-corrected chi connectivity index (χ4v) is 2.41. The second-order valence-corrected chi connectivity index (χ2v) is 5.09. The van der Waals surface area contributed by atoms with E-state index in [-0.39, 0.29) is 5.92 Å². The number of nitrogens with zero attached hydrogens (tertiary/aromatic N) is 3. The molecule has 3 rings (SSSR count). The molecule has 2 heterocycles. The number of para-hydroxylation sites is 1. The molecule has 0 fully saturated rings. The van der Waals surface area contributed by atoms with E-state index in [1.165, 1.54) is 6.33 Å². The Labute approximate surface area is 117 Å². The molecule has 0 aliphatic heterocycles. The number of benzene rings is 1. The molecular formula is C16H16N4. The highest BCUT2D eigenvalue weighted by atomic mass is 14.9. The fourth-order valence-electron chi connectivity index (χ4n) is 2.41. The Hall–Kier alpha value is -2.49.